The van der Waals surface area contributed by atoms with Crippen LogP contribution < -0.4 is 10.1 Å². The predicted molar refractivity (Wildman–Crippen MR) is 76.7 cm³/mol. The quantitative estimate of drug-likeness (QED) is 0.843. The van der Waals surface area contributed by atoms with E-state index in [-0.39, 0.29) is 11.8 Å². The fourth-order valence-corrected chi connectivity index (χ4v) is 4.09. The van der Waals surface area contributed by atoms with Crippen LogP contribution in [-0.2, 0) is 9.84 Å². The Bertz CT molecular complexity index is 545. The van der Waals surface area contributed by atoms with E-state index in [2.05, 4.69) is 5.32 Å². The van der Waals surface area contributed by atoms with Gasteiger partial charge < -0.3 is 10.1 Å². The molecule has 0 aromatic heterocycles. The second-order valence-corrected chi connectivity index (χ2v) is 7.48. The smallest absolute Gasteiger partial charge is 0.151 e. The Kier molecular flexibility index (Phi) is 4.71. The highest BCUT2D eigenvalue weighted by Crippen LogP contribution is 2.21. The molecule has 1 aliphatic rings. The minimum Gasteiger partial charge on any atom is -0.492 e. The van der Waals surface area contributed by atoms with E-state index in [1.807, 2.05) is 19.1 Å². The third-order valence-corrected chi connectivity index (χ3v) is 5.17. The second kappa shape index (κ2) is 6.11. The number of hydrogen-bond acceptors (Lipinski definition) is 4. The summed E-state index contributed by atoms with van der Waals surface area (Å²) >= 11 is 5.87. The zero-order valence-corrected chi connectivity index (χ0v) is 12.4. The zero-order chi connectivity index (χ0) is 13.9. The molecule has 1 N–H and O–H groups in total. The molecular formula is C13H18ClNO3S. The Morgan fingerprint density at radius 2 is 2.26 bits per heavy atom. The van der Waals surface area contributed by atoms with Crippen molar-refractivity contribution in [3.63, 3.8) is 0 Å². The van der Waals surface area contributed by atoms with Crippen LogP contribution in [0.15, 0.2) is 18.2 Å². The van der Waals surface area contributed by atoms with Gasteiger partial charge in [0.25, 0.3) is 0 Å². The molecule has 1 unspecified atom stereocenters. The second-order valence-electron chi connectivity index (χ2n) is 4.81. The van der Waals surface area contributed by atoms with Crippen molar-refractivity contribution in [3.8, 4) is 5.75 Å². The van der Waals surface area contributed by atoms with Crippen molar-refractivity contribution in [2.75, 3.05) is 24.7 Å². The summed E-state index contributed by atoms with van der Waals surface area (Å²) in [6.07, 6.45) is 0.697. The maximum atomic E-state index is 11.3. The molecule has 19 heavy (non-hydrogen) atoms. The third-order valence-electron chi connectivity index (χ3n) is 3.16. The van der Waals surface area contributed by atoms with Crippen molar-refractivity contribution >= 4 is 21.4 Å². The van der Waals surface area contributed by atoms with Gasteiger partial charge in [0.05, 0.1) is 11.5 Å². The van der Waals surface area contributed by atoms with Gasteiger partial charge in [-0.3, -0.25) is 0 Å². The van der Waals surface area contributed by atoms with Gasteiger partial charge in [-0.25, -0.2) is 8.42 Å². The van der Waals surface area contributed by atoms with E-state index in [0.29, 0.717) is 30.3 Å². The van der Waals surface area contributed by atoms with Crippen LogP contribution in [0.4, 0.5) is 0 Å². The summed E-state index contributed by atoms with van der Waals surface area (Å²) < 4.78 is 28.2. The van der Waals surface area contributed by atoms with Crippen LogP contribution in [0.3, 0.4) is 0 Å². The molecule has 2 rings (SSSR count). The van der Waals surface area contributed by atoms with Crippen LogP contribution in [0.1, 0.15) is 12.0 Å². The van der Waals surface area contributed by atoms with Crippen LogP contribution in [0.5, 0.6) is 5.75 Å². The number of hydrogen-bond donors (Lipinski definition) is 1. The van der Waals surface area contributed by atoms with Gasteiger partial charge in [-0.2, -0.15) is 0 Å². The zero-order valence-electron chi connectivity index (χ0n) is 10.9. The molecule has 1 aromatic rings. The lowest BCUT2D eigenvalue weighted by Gasteiger charge is -2.12. The summed E-state index contributed by atoms with van der Waals surface area (Å²) in [4.78, 5) is 0. The first kappa shape index (κ1) is 14.6. The van der Waals surface area contributed by atoms with Gasteiger partial charge in [0, 0.05) is 17.6 Å². The minimum absolute atomic E-state index is 0.0694. The topological polar surface area (TPSA) is 55.4 Å². The first-order valence-corrected chi connectivity index (χ1v) is 8.49. The lowest BCUT2D eigenvalue weighted by molar-refractivity contribution is 0.305. The first-order valence-electron chi connectivity index (χ1n) is 6.29. The van der Waals surface area contributed by atoms with Gasteiger partial charge in [-0.05, 0) is 37.1 Å². The van der Waals surface area contributed by atoms with Crippen LogP contribution >= 0.6 is 11.6 Å². The Hall–Kier alpha value is -0.780. The van der Waals surface area contributed by atoms with Crippen LogP contribution in [-0.4, -0.2) is 39.1 Å². The molecule has 4 nitrogen and oxygen atoms in total. The molecule has 1 fully saturated rings. The first-order chi connectivity index (χ1) is 8.96. The predicted octanol–water partition coefficient (Wildman–Crippen LogP) is 1.80. The van der Waals surface area contributed by atoms with E-state index in [4.69, 9.17) is 16.3 Å². The van der Waals surface area contributed by atoms with Crippen molar-refractivity contribution in [1.82, 2.24) is 5.32 Å². The maximum Gasteiger partial charge on any atom is 0.151 e. The summed E-state index contributed by atoms with van der Waals surface area (Å²) in [5.74, 6) is 1.35. The van der Waals surface area contributed by atoms with Crippen molar-refractivity contribution < 1.29 is 13.2 Å². The van der Waals surface area contributed by atoms with E-state index in [1.165, 1.54) is 0 Å². The Morgan fingerprint density at radius 1 is 1.47 bits per heavy atom. The average Bonchev–Trinajstić information content (AvgIpc) is 2.67. The summed E-state index contributed by atoms with van der Waals surface area (Å²) in [5.41, 5.74) is 0.996. The van der Waals surface area contributed by atoms with E-state index in [9.17, 15) is 8.42 Å². The summed E-state index contributed by atoms with van der Waals surface area (Å²) in [7, 11) is -2.81. The summed E-state index contributed by atoms with van der Waals surface area (Å²) in [5, 5.41) is 3.90. The number of halogens is 1. The molecule has 0 radical (unpaired) electrons. The Labute approximate surface area is 119 Å². The number of benzene rings is 1. The highest BCUT2D eigenvalue weighted by Gasteiger charge is 2.26. The molecule has 0 amide bonds. The third kappa shape index (κ3) is 4.37. The SMILES string of the molecule is Cc1cc(Cl)ccc1OCCNC1CCS(=O)(=O)C1. The van der Waals surface area contributed by atoms with Gasteiger partial charge in [0.1, 0.15) is 12.4 Å². The average molecular weight is 304 g/mol. The van der Waals surface area contributed by atoms with E-state index >= 15 is 0 Å². The number of aryl methyl sites for hydroxylation is 1. The van der Waals surface area contributed by atoms with Crippen molar-refractivity contribution in [3.05, 3.63) is 28.8 Å². The summed E-state index contributed by atoms with van der Waals surface area (Å²) in [6, 6.07) is 5.56. The highest BCUT2D eigenvalue weighted by atomic mass is 35.5. The number of rotatable bonds is 5. The fourth-order valence-electron chi connectivity index (χ4n) is 2.15. The van der Waals surface area contributed by atoms with Crippen molar-refractivity contribution in [1.29, 1.82) is 0 Å². The number of sulfone groups is 1. The van der Waals surface area contributed by atoms with Crippen molar-refractivity contribution in [2.24, 2.45) is 0 Å². The van der Waals surface area contributed by atoms with Crippen LogP contribution in [0.25, 0.3) is 0 Å². The normalized spacial score (nSPS) is 21.5. The fraction of sp³-hybridized carbons (Fsp3) is 0.538. The van der Waals surface area contributed by atoms with E-state index < -0.39 is 9.84 Å². The Morgan fingerprint density at radius 3 is 2.89 bits per heavy atom. The monoisotopic (exact) mass is 303 g/mol. The largest absolute Gasteiger partial charge is 0.492 e. The molecule has 6 heteroatoms. The van der Waals surface area contributed by atoms with Gasteiger partial charge >= 0.3 is 0 Å². The lowest BCUT2D eigenvalue weighted by atomic mass is 10.2. The molecule has 0 spiro atoms. The molecule has 1 aromatic carbocycles. The number of ether oxygens (including phenoxy) is 1. The lowest BCUT2D eigenvalue weighted by Crippen LogP contribution is -2.33. The molecule has 0 bridgehead atoms. The standard InChI is InChI=1S/C13H18ClNO3S/c1-10-8-11(14)2-3-13(10)18-6-5-15-12-4-7-19(16,17)9-12/h2-3,8,12,15H,4-7,9H2,1H3. The van der Waals surface area contributed by atoms with Crippen LogP contribution in [0.2, 0.25) is 5.02 Å². The van der Waals surface area contributed by atoms with Gasteiger partial charge in [-0.15, -0.1) is 0 Å². The van der Waals surface area contributed by atoms with Gasteiger partial charge in [-0.1, -0.05) is 11.6 Å². The maximum absolute atomic E-state index is 11.3. The minimum atomic E-state index is -2.81. The van der Waals surface area contributed by atoms with Crippen molar-refractivity contribution in [2.45, 2.75) is 19.4 Å². The molecule has 1 heterocycles. The molecule has 0 aliphatic carbocycles. The molecule has 1 atom stereocenters. The molecule has 106 valence electrons. The van der Waals surface area contributed by atoms with Gasteiger partial charge in [0.15, 0.2) is 9.84 Å². The molecule has 1 saturated heterocycles. The molecule has 0 saturated carbocycles. The number of nitrogens with one attached hydrogen (secondary N) is 1. The van der Waals surface area contributed by atoms with E-state index in [1.54, 1.807) is 6.07 Å². The molecule has 1 aliphatic heterocycles. The van der Waals surface area contributed by atoms with Crippen LogP contribution in [0, 0.1) is 6.92 Å². The molecular weight excluding hydrogens is 286 g/mol. The van der Waals surface area contributed by atoms with E-state index in [0.717, 1.165) is 11.3 Å². The highest BCUT2D eigenvalue weighted by molar-refractivity contribution is 7.91. The Balaban J connectivity index is 1.72. The van der Waals surface area contributed by atoms with Gasteiger partial charge in [0.2, 0.25) is 0 Å². The summed E-state index contributed by atoms with van der Waals surface area (Å²) in [6.45, 7) is 3.10.